The summed E-state index contributed by atoms with van der Waals surface area (Å²) in [5, 5.41) is 9.99. The Labute approximate surface area is 118 Å². The Morgan fingerprint density at radius 2 is 2.15 bits per heavy atom. The zero-order chi connectivity index (χ0) is 14.4. The van der Waals surface area contributed by atoms with Crippen molar-refractivity contribution in [1.29, 1.82) is 0 Å². The van der Waals surface area contributed by atoms with Crippen molar-refractivity contribution in [2.45, 2.75) is 26.3 Å². The lowest BCUT2D eigenvalue weighted by Gasteiger charge is -2.10. The molecule has 2 N–H and O–H groups in total. The quantitative estimate of drug-likeness (QED) is 0.819. The molecular weight excluding hydrogens is 250 g/mol. The first kappa shape index (κ1) is 14.1. The number of carbonyl (C=O) groups is 1. The van der Waals surface area contributed by atoms with E-state index in [1.54, 1.807) is 12.2 Å². The largest absolute Gasteiger partial charge is 0.350 e. The van der Waals surface area contributed by atoms with E-state index >= 15 is 0 Å². The van der Waals surface area contributed by atoms with Crippen molar-refractivity contribution in [2.75, 3.05) is 0 Å². The van der Waals surface area contributed by atoms with Gasteiger partial charge >= 0.3 is 0 Å². The first-order chi connectivity index (χ1) is 9.63. The van der Waals surface area contributed by atoms with Gasteiger partial charge in [0.05, 0.1) is 5.69 Å². The summed E-state index contributed by atoms with van der Waals surface area (Å²) in [6.45, 7) is 3.93. The lowest BCUT2D eigenvalue weighted by atomic mass is 10.1. The predicted molar refractivity (Wildman–Crippen MR) is 80.1 cm³/mol. The summed E-state index contributed by atoms with van der Waals surface area (Å²) in [5.41, 5.74) is 3.00. The van der Waals surface area contributed by atoms with Gasteiger partial charge in [0.1, 0.15) is 0 Å². The predicted octanol–water partition coefficient (Wildman–Crippen LogP) is 2.48. The molecular formula is C16H19N3O. The summed E-state index contributed by atoms with van der Waals surface area (Å²) >= 11 is 0. The Balaban J connectivity index is 1.83. The Morgan fingerprint density at radius 1 is 1.40 bits per heavy atom. The number of amides is 1. The number of benzene rings is 1. The van der Waals surface area contributed by atoms with E-state index < -0.39 is 0 Å². The molecule has 4 nitrogen and oxygen atoms in total. The molecule has 0 fully saturated rings. The van der Waals surface area contributed by atoms with E-state index in [2.05, 4.69) is 15.5 Å². The molecule has 0 unspecified atom stereocenters. The maximum atomic E-state index is 11.8. The molecule has 1 heterocycles. The molecule has 2 rings (SSSR count). The van der Waals surface area contributed by atoms with Crippen LogP contribution in [0.2, 0.25) is 0 Å². The summed E-state index contributed by atoms with van der Waals surface area (Å²) in [5.74, 6) is -0.0892. The number of hydrogen-bond donors (Lipinski definition) is 2. The van der Waals surface area contributed by atoms with Crippen molar-refractivity contribution in [2.24, 2.45) is 0 Å². The zero-order valence-electron chi connectivity index (χ0n) is 11.8. The Bertz CT molecular complexity index is 587. The van der Waals surface area contributed by atoms with E-state index in [-0.39, 0.29) is 11.9 Å². The van der Waals surface area contributed by atoms with E-state index in [4.69, 9.17) is 0 Å². The number of aryl methyl sites for hydroxylation is 1. The molecule has 0 aliphatic carbocycles. The van der Waals surface area contributed by atoms with Crippen LogP contribution in [0.3, 0.4) is 0 Å². The van der Waals surface area contributed by atoms with Gasteiger partial charge in [-0.15, -0.1) is 0 Å². The van der Waals surface area contributed by atoms with Gasteiger partial charge < -0.3 is 5.32 Å². The molecule has 0 aliphatic heterocycles. The van der Waals surface area contributed by atoms with Crippen LogP contribution in [0.1, 0.15) is 23.9 Å². The molecule has 1 aromatic heterocycles. The summed E-state index contributed by atoms with van der Waals surface area (Å²) in [6.07, 6.45) is 4.08. The Kier molecular flexibility index (Phi) is 4.71. The maximum absolute atomic E-state index is 11.8. The zero-order valence-corrected chi connectivity index (χ0v) is 11.8. The fourth-order valence-electron chi connectivity index (χ4n) is 1.97. The number of rotatable bonds is 5. The lowest BCUT2D eigenvalue weighted by molar-refractivity contribution is -0.117. The molecule has 1 aromatic carbocycles. The number of hydrogen-bond acceptors (Lipinski definition) is 2. The Hall–Kier alpha value is -2.36. The van der Waals surface area contributed by atoms with Crippen LogP contribution in [-0.2, 0) is 11.2 Å². The second-order valence-corrected chi connectivity index (χ2v) is 4.90. The highest BCUT2D eigenvalue weighted by Gasteiger charge is 2.07. The van der Waals surface area contributed by atoms with Crippen LogP contribution in [0.15, 0.2) is 42.5 Å². The van der Waals surface area contributed by atoms with E-state index in [1.807, 2.05) is 50.2 Å². The minimum absolute atomic E-state index is 0.0469. The lowest BCUT2D eigenvalue weighted by Crippen LogP contribution is -2.32. The minimum Gasteiger partial charge on any atom is -0.350 e. The molecule has 2 aromatic rings. The second kappa shape index (κ2) is 6.70. The molecule has 0 radical (unpaired) electrons. The van der Waals surface area contributed by atoms with Gasteiger partial charge in [-0.1, -0.05) is 30.3 Å². The van der Waals surface area contributed by atoms with Crippen LogP contribution in [0, 0.1) is 6.92 Å². The van der Waals surface area contributed by atoms with Crippen molar-refractivity contribution in [3.8, 4) is 0 Å². The standard InChI is InChI=1S/C16H19N3O/c1-12(10-15-11-13(2)18-19-15)17-16(20)9-8-14-6-4-3-5-7-14/h3-9,11-12H,10H2,1-2H3,(H,17,20)(H,18,19)/b9-8+/t12-/m0/s1. The fourth-order valence-corrected chi connectivity index (χ4v) is 1.97. The van der Waals surface area contributed by atoms with Crippen LogP contribution in [0.25, 0.3) is 6.08 Å². The molecule has 0 bridgehead atoms. The summed E-state index contributed by atoms with van der Waals surface area (Å²) in [7, 11) is 0. The van der Waals surface area contributed by atoms with Crippen LogP contribution in [0.5, 0.6) is 0 Å². The maximum Gasteiger partial charge on any atom is 0.244 e. The summed E-state index contributed by atoms with van der Waals surface area (Å²) in [6, 6.07) is 11.8. The van der Waals surface area contributed by atoms with Gasteiger partial charge in [0.25, 0.3) is 0 Å². The third-order valence-electron chi connectivity index (χ3n) is 2.89. The molecule has 104 valence electrons. The van der Waals surface area contributed by atoms with Crippen LogP contribution in [-0.4, -0.2) is 22.1 Å². The molecule has 1 atom stereocenters. The molecule has 0 saturated heterocycles. The number of H-pyrrole nitrogens is 1. The van der Waals surface area contributed by atoms with Crippen LogP contribution < -0.4 is 5.32 Å². The smallest absolute Gasteiger partial charge is 0.244 e. The number of aromatic nitrogens is 2. The van der Waals surface area contributed by atoms with E-state index in [0.29, 0.717) is 0 Å². The SMILES string of the molecule is Cc1cc(C[C@H](C)NC(=O)/C=C/c2ccccc2)n[nH]1. The first-order valence-corrected chi connectivity index (χ1v) is 6.68. The van der Waals surface area contributed by atoms with Gasteiger partial charge in [0.15, 0.2) is 0 Å². The van der Waals surface area contributed by atoms with Crippen LogP contribution in [0.4, 0.5) is 0 Å². The average Bonchev–Trinajstić information content (AvgIpc) is 2.83. The molecule has 0 saturated carbocycles. The van der Waals surface area contributed by atoms with Gasteiger partial charge in [-0.2, -0.15) is 5.10 Å². The second-order valence-electron chi connectivity index (χ2n) is 4.90. The highest BCUT2D eigenvalue weighted by atomic mass is 16.1. The normalized spacial score (nSPS) is 12.5. The fraction of sp³-hybridized carbons (Fsp3) is 0.250. The summed E-state index contributed by atoms with van der Waals surface area (Å²) in [4.78, 5) is 11.8. The van der Waals surface area contributed by atoms with Gasteiger partial charge in [-0.25, -0.2) is 0 Å². The third-order valence-corrected chi connectivity index (χ3v) is 2.89. The minimum atomic E-state index is -0.0892. The Morgan fingerprint density at radius 3 is 2.80 bits per heavy atom. The van der Waals surface area contributed by atoms with Gasteiger partial charge in [-0.3, -0.25) is 9.89 Å². The number of nitrogens with zero attached hydrogens (tertiary/aromatic N) is 1. The van der Waals surface area contributed by atoms with E-state index in [9.17, 15) is 4.79 Å². The van der Waals surface area contributed by atoms with Crippen molar-refractivity contribution in [3.05, 3.63) is 59.4 Å². The number of nitrogens with one attached hydrogen (secondary N) is 2. The van der Waals surface area contributed by atoms with Crippen molar-refractivity contribution < 1.29 is 4.79 Å². The van der Waals surface area contributed by atoms with Crippen LogP contribution >= 0.6 is 0 Å². The van der Waals surface area contributed by atoms with Crippen molar-refractivity contribution in [3.63, 3.8) is 0 Å². The number of carbonyl (C=O) groups excluding carboxylic acids is 1. The van der Waals surface area contributed by atoms with Gasteiger partial charge in [-0.05, 0) is 31.6 Å². The van der Waals surface area contributed by atoms with E-state index in [0.717, 1.165) is 23.4 Å². The third kappa shape index (κ3) is 4.39. The molecule has 4 heteroatoms. The van der Waals surface area contributed by atoms with Gasteiger partial charge in [0.2, 0.25) is 5.91 Å². The number of aromatic amines is 1. The topological polar surface area (TPSA) is 57.8 Å². The summed E-state index contributed by atoms with van der Waals surface area (Å²) < 4.78 is 0. The monoisotopic (exact) mass is 269 g/mol. The van der Waals surface area contributed by atoms with Crippen molar-refractivity contribution in [1.82, 2.24) is 15.5 Å². The molecule has 20 heavy (non-hydrogen) atoms. The highest BCUT2D eigenvalue weighted by molar-refractivity contribution is 5.91. The molecule has 0 aliphatic rings. The molecule has 1 amide bonds. The van der Waals surface area contributed by atoms with Gasteiger partial charge in [0, 0.05) is 24.2 Å². The highest BCUT2D eigenvalue weighted by Crippen LogP contribution is 2.03. The molecule has 0 spiro atoms. The average molecular weight is 269 g/mol. The van der Waals surface area contributed by atoms with E-state index in [1.165, 1.54) is 0 Å². The van der Waals surface area contributed by atoms with Crippen molar-refractivity contribution >= 4 is 12.0 Å². The first-order valence-electron chi connectivity index (χ1n) is 6.68.